The summed E-state index contributed by atoms with van der Waals surface area (Å²) in [7, 11) is 1.46. The van der Waals surface area contributed by atoms with E-state index in [-0.39, 0.29) is 47.8 Å². The number of carboxylic acid groups (broad SMARTS) is 1. The van der Waals surface area contributed by atoms with Gasteiger partial charge in [0, 0.05) is 13.0 Å². The maximum Gasteiger partial charge on any atom is 1.00 e. The Morgan fingerprint density at radius 2 is 1.93 bits per heavy atom. The minimum Gasteiger partial charge on any atom is -0.543 e. The van der Waals surface area contributed by atoms with Crippen LogP contribution >= 0.6 is 0 Å². The van der Waals surface area contributed by atoms with Crippen LogP contribution in [0, 0.1) is 11.8 Å². The Kier molecular flexibility index (Phi) is 6.93. The number of aliphatic hydroxyl groups excluding tert-OH is 1. The first-order valence-electron chi connectivity index (χ1n) is 8.68. The van der Waals surface area contributed by atoms with Gasteiger partial charge in [-0.25, -0.2) is 4.79 Å². The van der Waals surface area contributed by atoms with Crippen molar-refractivity contribution in [1.29, 1.82) is 0 Å². The Balaban J connectivity index is 0.00000280. The van der Waals surface area contributed by atoms with Crippen LogP contribution in [0.2, 0.25) is 0 Å². The number of carbonyl (C=O) groups is 3. The van der Waals surface area contributed by atoms with E-state index in [9.17, 15) is 24.6 Å². The summed E-state index contributed by atoms with van der Waals surface area (Å²) in [6.07, 6.45) is -1.40. The summed E-state index contributed by atoms with van der Waals surface area (Å²) in [5.41, 5.74) is 1.76. The van der Waals surface area contributed by atoms with E-state index in [1.165, 1.54) is 18.9 Å². The van der Waals surface area contributed by atoms with Gasteiger partial charge in [-0.05, 0) is 23.6 Å². The van der Waals surface area contributed by atoms with Gasteiger partial charge in [0.25, 0.3) is 0 Å². The van der Waals surface area contributed by atoms with Crippen molar-refractivity contribution < 1.29 is 58.9 Å². The van der Waals surface area contributed by atoms with Crippen molar-refractivity contribution in [1.82, 2.24) is 10.2 Å². The molecule has 1 fully saturated rings. The molecule has 4 atom stereocenters. The van der Waals surface area contributed by atoms with Crippen LogP contribution < -0.4 is 40.0 Å². The molecule has 3 rings (SSSR count). The predicted molar refractivity (Wildman–Crippen MR) is 92.6 cm³/mol. The van der Waals surface area contributed by atoms with Crippen molar-refractivity contribution in [3.8, 4) is 0 Å². The van der Waals surface area contributed by atoms with Crippen LogP contribution in [-0.2, 0) is 20.9 Å². The first-order valence-corrected chi connectivity index (χ1v) is 8.68. The number of nitrogens with one attached hydrogen (secondary N) is 1. The van der Waals surface area contributed by atoms with Gasteiger partial charge in [0.2, 0.25) is 5.91 Å². The third-order valence-electron chi connectivity index (χ3n) is 5.20. The summed E-state index contributed by atoms with van der Waals surface area (Å²) < 4.78 is 4.97. The monoisotopic (exact) mass is 396 g/mol. The smallest absolute Gasteiger partial charge is 0.543 e. The summed E-state index contributed by atoms with van der Waals surface area (Å²) in [4.78, 5) is 36.4. The summed E-state index contributed by atoms with van der Waals surface area (Å²) in [6, 6.07) is 6.52. The fourth-order valence-electron chi connectivity index (χ4n) is 3.94. The molecule has 2 aliphatic rings. The number of alkyl carbamates (subject to hydrolysis) is 1. The van der Waals surface area contributed by atoms with Crippen LogP contribution in [0.4, 0.5) is 4.79 Å². The van der Waals surface area contributed by atoms with Crippen molar-refractivity contribution in [3.05, 3.63) is 41.1 Å². The zero-order chi connectivity index (χ0) is 19.9. The number of β-lactam (4-membered cyclic amide) rings is 1. The van der Waals surface area contributed by atoms with Crippen LogP contribution in [-0.4, -0.2) is 47.2 Å². The molecule has 9 heteroatoms. The third-order valence-corrected chi connectivity index (χ3v) is 5.20. The average molecular weight is 396 g/mol. The molecule has 2 aliphatic heterocycles. The molecule has 0 spiro atoms. The molecule has 8 nitrogen and oxygen atoms in total. The minimum atomic E-state index is -1.41. The van der Waals surface area contributed by atoms with Crippen molar-refractivity contribution in [2.75, 3.05) is 7.05 Å². The fourth-order valence-corrected chi connectivity index (χ4v) is 3.94. The van der Waals surface area contributed by atoms with Crippen molar-refractivity contribution in [2.45, 2.75) is 32.6 Å². The molecule has 1 aromatic rings. The fraction of sp³-hybridized carbons (Fsp3) is 0.421. The van der Waals surface area contributed by atoms with Crippen LogP contribution in [0.1, 0.15) is 25.0 Å². The standard InChI is InChI=1S/C19H22N2O6.Na/c1-9-13(12-6-4-11(5-7-12)8-27-19(26)20-3)16(18(24)25)21-15(9)14(10(2)22)17(21)23;/h4-7,9-10,14-15,22H,8H2,1-3H3,(H,20,26)(H,24,25);/q;+1/p-1/t9?,10-,14+,15-;/m1./s1. The second-order valence-corrected chi connectivity index (χ2v) is 6.83. The van der Waals surface area contributed by atoms with Crippen LogP contribution in [0.3, 0.4) is 0 Å². The van der Waals surface area contributed by atoms with E-state index < -0.39 is 36.0 Å². The Morgan fingerprint density at radius 3 is 2.43 bits per heavy atom. The second-order valence-electron chi connectivity index (χ2n) is 6.83. The van der Waals surface area contributed by atoms with Gasteiger partial charge in [0.15, 0.2) is 0 Å². The quantitative estimate of drug-likeness (QED) is 0.401. The topological polar surface area (TPSA) is 119 Å². The van der Waals surface area contributed by atoms with Gasteiger partial charge in [-0.3, -0.25) is 4.79 Å². The number of amides is 2. The molecular formula is C19H21N2NaO6. The largest absolute Gasteiger partial charge is 1.00 e. The molecule has 144 valence electrons. The van der Waals surface area contributed by atoms with Crippen molar-refractivity contribution in [3.63, 3.8) is 0 Å². The van der Waals surface area contributed by atoms with Crippen LogP contribution in [0.15, 0.2) is 30.0 Å². The number of rotatable bonds is 5. The molecule has 0 bridgehead atoms. The molecule has 2 heterocycles. The first kappa shape index (κ1) is 22.4. The molecule has 0 aliphatic carbocycles. The number of benzene rings is 1. The van der Waals surface area contributed by atoms with Gasteiger partial charge < -0.3 is 30.0 Å². The van der Waals surface area contributed by atoms with Gasteiger partial charge in [-0.15, -0.1) is 0 Å². The molecule has 1 unspecified atom stereocenters. The van der Waals surface area contributed by atoms with E-state index in [0.717, 1.165) is 5.56 Å². The number of aliphatic carboxylic acids is 1. The number of ether oxygens (including phenoxy) is 1. The van der Waals surface area contributed by atoms with Crippen LogP contribution in [0.5, 0.6) is 0 Å². The van der Waals surface area contributed by atoms with E-state index in [1.54, 1.807) is 24.3 Å². The van der Waals surface area contributed by atoms with E-state index in [1.807, 2.05) is 6.92 Å². The van der Waals surface area contributed by atoms with E-state index in [4.69, 9.17) is 4.74 Å². The van der Waals surface area contributed by atoms with Gasteiger partial charge in [0.05, 0.1) is 29.7 Å². The number of carboxylic acids is 1. The normalized spacial score (nSPS) is 24.1. The second kappa shape index (κ2) is 8.65. The number of fused-ring (bicyclic) bond motifs is 1. The number of hydrogen-bond donors (Lipinski definition) is 2. The third kappa shape index (κ3) is 3.69. The maximum absolute atomic E-state index is 12.3. The summed E-state index contributed by atoms with van der Waals surface area (Å²) in [5.74, 6) is -2.69. The van der Waals surface area contributed by atoms with E-state index in [2.05, 4.69) is 5.32 Å². The maximum atomic E-state index is 12.3. The van der Waals surface area contributed by atoms with Gasteiger partial charge >= 0.3 is 35.7 Å². The van der Waals surface area contributed by atoms with Gasteiger partial charge in [-0.1, -0.05) is 31.2 Å². The Labute approximate surface area is 184 Å². The molecule has 0 saturated carbocycles. The number of hydrogen-bond acceptors (Lipinski definition) is 6. The zero-order valence-corrected chi connectivity index (χ0v) is 18.3. The van der Waals surface area contributed by atoms with E-state index >= 15 is 0 Å². The Hall–Kier alpha value is -1.87. The first-order chi connectivity index (χ1) is 12.8. The molecule has 1 aromatic carbocycles. The van der Waals surface area contributed by atoms with Crippen molar-refractivity contribution in [2.24, 2.45) is 11.8 Å². The number of nitrogens with zero attached hydrogens (tertiary/aromatic N) is 1. The molecule has 1 saturated heterocycles. The minimum absolute atomic E-state index is 0. The molecule has 28 heavy (non-hydrogen) atoms. The zero-order valence-electron chi connectivity index (χ0n) is 16.3. The van der Waals surface area contributed by atoms with Crippen LogP contribution in [0.25, 0.3) is 5.57 Å². The molecule has 2 amide bonds. The average Bonchev–Trinajstić information content (AvgIpc) is 2.89. The van der Waals surface area contributed by atoms with E-state index in [0.29, 0.717) is 11.1 Å². The Bertz CT molecular complexity index is 820. The van der Waals surface area contributed by atoms with Gasteiger partial charge in [0.1, 0.15) is 6.61 Å². The number of aliphatic hydroxyl groups is 1. The SMILES string of the molecule is CNC(=O)OCc1ccc(C2=C(C(=O)[O-])N3C(=O)[C@@H]([C@@H](C)O)[C@H]3C2C)cc1.[Na+]. The van der Waals surface area contributed by atoms with Crippen molar-refractivity contribution >= 4 is 23.5 Å². The predicted octanol–water partition coefficient (Wildman–Crippen LogP) is -3.13. The Morgan fingerprint density at radius 1 is 1.32 bits per heavy atom. The van der Waals surface area contributed by atoms with Gasteiger partial charge in [-0.2, -0.15) is 0 Å². The number of carbonyl (C=O) groups excluding carboxylic acids is 3. The molecule has 0 aromatic heterocycles. The summed E-state index contributed by atoms with van der Waals surface area (Å²) >= 11 is 0. The molecular weight excluding hydrogens is 375 g/mol. The molecule has 2 N–H and O–H groups in total. The molecule has 0 radical (unpaired) electrons. The summed E-state index contributed by atoms with van der Waals surface area (Å²) in [5, 5.41) is 24.0. The summed E-state index contributed by atoms with van der Waals surface area (Å²) in [6.45, 7) is 3.46.